The monoisotopic (exact) mass is 540 g/mol. The largest absolute Gasteiger partial charge is 0.426 e. The summed E-state index contributed by atoms with van der Waals surface area (Å²) in [5.74, 6) is 0.242. The molecule has 1 N–H and O–H groups in total. The normalized spacial score (nSPS) is 21.9. The smallest absolute Gasteiger partial charge is 0.397 e. The molecule has 1 fully saturated rings. The SMILES string of the molecule is CC.CC(C)(C)c1cc(C(C)(C)C)c2c(c1F)COP(OCC1CCC(n3ccc(=S)[nH]c3=O)O1)O2. The van der Waals surface area contributed by atoms with Crippen LogP contribution in [0.1, 0.15) is 91.1 Å². The van der Waals surface area contributed by atoms with Gasteiger partial charge < -0.3 is 9.26 Å². The van der Waals surface area contributed by atoms with E-state index < -0.39 is 8.60 Å². The fourth-order valence-corrected chi connectivity index (χ4v) is 5.34. The summed E-state index contributed by atoms with van der Waals surface area (Å²) in [7, 11) is -1.70. The van der Waals surface area contributed by atoms with E-state index in [4.69, 9.17) is 30.5 Å². The summed E-state index contributed by atoms with van der Waals surface area (Å²) in [5.41, 5.74) is 1.13. The molecule has 0 aliphatic carbocycles. The number of hydrogen-bond donors (Lipinski definition) is 1. The van der Waals surface area contributed by atoms with Crippen molar-refractivity contribution < 1.29 is 22.7 Å². The predicted octanol–water partition coefficient (Wildman–Crippen LogP) is 7.20. The van der Waals surface area contributed by atoms with Crippen molar-refractivity contribution in [2.75, 3.05) is 6.61 Å². The first-order valence-corrected chi connectivity index (χ1v) is 13.9. The zero-order valence-electron chi connectivity index (χ0n) is 22.4. The Kier molecular flexibility index (Phi) is 9.16. The fourth-order valence-electron chi connectivity index (χ4n) is 4.13. The van der Waals surface area contributed by atoms with Gasteiger partial charge in [-0.2, -0.15) is 0 Å². The van der Waals surface area contributed by atoms with E-state index in [9.17, 15) is 4.79 Å². The molecule has 10 heteroatoms. The third-order valence-corrected chi connectivity index (χ3v) is 7.29. The molecule has 3 atom stereocenters. The Bertz CT molecular complexity index is 1180. The van der Waals surface area contributed by atoms with E-state index in [-0.39, 0.29) is 47.9 Å². The number of rotatable bonds is 4. The van der Waals surface area contributed by atoms with Crippen molar-refractivity contribution in [3.05, 3.63) is 56.0 Å². The van der Waals surface area contributed by atoms with E-state index in [1.165, 1.54) is 4.57 Å². The van der Waals surface area contributed by atoms with E-state index >= 15 is 4.39 Å². The van der Waals surface area contributed by atoms with Gasteiger partial charge in [-0.1, -0.05) is 67.6 Å². The van der Waals surface area contributed by atoms with Gasteiger partial charge in [-0.15, -0.1) is 0 Å². The number of H-pyrrole nitrogens is 1. The van der Waals surface area contributed by atoms with Crippen LogP contribution in [0.25, 0.3) is 0 Å². The van der Waals surface area contributed by atoms with Crippen LogP contribution in [0.3, 0.4) is 0 Å². The second-order valence-electron chi connectivity index (χ2n) is 10.8. The molecule has 3 heterocycles. The average Bonchev–Trinajstić information content (AvgIpc) is 3.26. The van der Waals surface area contributed by atoms with Gasteiger partial charge in [0.15, 0.2) is 0 Å². The molecule has 0 bridgehead atoms. The molecule has 0 saturated carbocycles. The molecule has 2 aliphatic heterocycles. The van der Waals surface area contributed by atoms with Gasteiger partial charge in [0.1, 0.15) is 22.4 Å². The lowest BCUT2D eigenvalue weighted by molar-refractivity contribution is -0.0229. The van der Waals surface area contributed by atoms with Crippen LogP contribution in [-0.4, -0.2) is 22.3 Å². The first-order valence-electron chi connectivity index (χ1n) is 12.4. The van der Waals surface area contributed by atoms with Gasteiger partial charge in [-0.3, -0.25) is 18.6 Å². The van der Waals surface area contributed by atoms with Gasteiger partial charge >= 0.3 is 14.3 Å². The Balaban J connectivity index is 0.00000176. The summed E-state index contributed by atoms with van der Waals surface area (Å²) in [6.07, 6.45) is 2.45. The topological polar surface area (TPSA) is 74.7 Å². The maximum Gasteiger partial charge on any atom is 0.397 e. The van der Waals surface area contributed by atoms with Gasteiger partial charge in [0.25, 0.3) is 0 Å². The first-order chi connectivity index (χ1) is 16.8. The molecule has 36 heavy (non-hydrogen) atoms. The Labute approximate surface area is 219 Å². The lowest BCUT2D eigenvalue weighted by Gasteiger charge is -2.33. The molecular weight excluding hydrogens is 502 g/mol. The number of halogens is 1. The lowest BCUT2D eigenvalue weighted by Crippen LogP contribution is -2.27. The Hall–Kier alpha value is -1.64. The van der Waals surface area contributed by atoms with Gasteiger partial charge in [0.2, 0.25) is 0 Å². The van der Waals surface area contributed by atoms with E-state index in [1.54, 1.807) is 12.3 Å². The van der Waals surface area contributed by atoms with Gasteiger partial charge in [0.05, 0.1) is 24.9 Å². The summed E-state index contributed by atoms with van der Waals surface area (Å²) in [5, 5.41) is 0. The summed E-state index contributed by atoms with van der Waals surface area (Å²) in [6.45, 7) is 16.6. The Morgan fingerprint density at radius 1 is 1.17 bits per heavy atom. The molecule has 1 saturated heterocycles. The van der Waals surface area contributed by atoms with Crippen molar-refractivity contribution in [2.24, 2.45) is 0 Å². The quantitative estimate of drug-likeness (QED) is 0.327. The number of nitrogens with one attached hydrogen (secondary N) is 1. The van der Waals surface area contributed by atoms with Crippen molar-refractivity contribution in [3.8, 4) is 5.75 Å². The first kappa shape index (κ1) is 28.9. The number of aromatic nitrogens is 2. The minimum Gasteiger partial charge on any atom is -0.426 e. The number of ether oxygens (including phenoxy) is 1. The highest BCUT2D eigenvalue weighted by Gasteiger charge is 2.36. The standard InChI is InChI=1S/C24H32FN2O5PS.C2H6/c1-23(2,3)16-11-17(24(4,5)6)21-15(20(16)25)13-30-33(32-21)29-12-14-7-8-19(31-14)27-10-9-18(34)26-22(27)28;1-2/h9-11,14,19H,7-8,12-13H2,1-6H3,(H,26,28,34);1-2H3. The summed E-state index contributed by atoms with van der Waals surface area (Å²) in [4.78, 5) is 14.7. The number of hydrogen-bond acceptors (Lipinski definition) is 6. The minimum absolute atomic E-state index is 0.0900. The molecule has 2 aromatic rings. The average molecular weight is 541 g/mol. The molecule has 2 aliphatic rings. The van der Waals surface area contributed by atoms with Crippen LogP contribution in [0.2, 0.25) is 0 Å². The van der Waals surface area contributed by atoms with E-state index in [0.717, 1.165) is 12.0 Å². The molecule has 3 unspecified atom stereocenters. The van der Waals surface area contributed by atoms with Crippen molar-refractivity contribution in [1.82, 2.24) is 9.55 Å². The zero-order chi connectivity index (χ0) is 26.8. The number of benzene rings is 1. The fraction of sp³-hybridized carbons (Fsp3) is 0.615. The van der Waals surface area contributed by atoms with Crippen LogP contribution in [0, 0.1) is 10.5 Å². The van der Waals surface area contributed by atoms with Crippen LogP contribution in [0.5, 0.6) is 5.75 Å². The van der Waals surface area contributed by atoms with Gasteiger partial charge in [0, 0.05) is 11.8 Å². The molecule has 7 nitrogen and oxygen atoms in total. The van der Waals surface area contributed by atoms with Crippen LogP contribution in [-0.2, 0) is 31.2 Å². The number of nitrogens with zero attached hydrogens (tertiary/aromatic N) is 1. The molecule has 0 amide bonds. The maximum atomic E-state index is 15.4. The summed E-state index contributed by atoms with van der Waals surface area (Å²) >= 11 is 4.99. The number of fused-ring (bicyclic) bond motifs is 1. The molecule has 200 valence electrons. The van der Waals surface area contributed by atoms with Crippen LogP contribution < -0.4 is 10.2 Å². The molecule has 0 spiro atoms. The Morgan fingerprint density at radius 2 is 1.83 bits per heavy atom. The summed E-state index contributed by atoms with van der Waals surface area (Å²) in [6, 6.07) is 3.58. The third-order valence-electron chi connectivity index (χ3n) is 6.02. The zero-order valence-corrected chi connectivity index (χ0v) is 24.1. The van der Waals surface area contributed by atoms with Crippen LogP contribution in [0.4, 0.5) is 4.39 Å². The molecule has 0 radical (unpaired) electrons. The third kappa shape index (κ3) is 6.43. The van der Waals surface area contributed by atoms with Crippen molar-refractivity contribution in [1.29, 1.82) is 0 Å². The van der Waals surface area contributed by atoms with E-state index in [0.29, 0.717) is 27.9 Å². The molecule has 4 rings (SSSR count). The maximum absolute atomic E-state index is 15.4. The highest BCUT2D eigenvalue weighted by molar-refractivity contribution is 7.71. The van der Waals surface area contributed by atoms with Crippen molar-refractivity contribution in [2.45, 2.75) is 98.0 Å². The lowest BCUT2D eigenvalue weighted by atomic mass is 9.78. The van der Waals surface area contributed by atoms with Gasteiger partial charge in [-0.05, 0) is 41.4 Å². The summed E-state index contributed by atoms with van der Waals surface area (Å²) < 4.78 is 41.1. The van der Waals surface area contributed by atoms with E-state index in [2.05, 4.69) is 25.8 Å². The minimum atomic E-state index is -1.70. The second-order valence-corrected chi connectivity index (χ2v) is 12.4. The molecular formula is C26H38FN2O5PS. The number of aromatic amines is 1. The highest BCUT2D eigenvalue weighted by atomic mass is 32.1. The van der Waals surface area contributed by atoms with Crippen LogP contribution >= 0.6 is 20.8 Å². The molecule has 1 aromatic heterocycles. The second kappa shape index (κ2) is 11.4. The predicted molar refractivity (Wildman–Crippen MR) is 142 cm³/mol. The van der Waals surface area contributed by atoms with Crippen LogP contribution in [0.15, 0.2) is 23.1 Å². The highest BCUT2D eigenvalue weighted by Crippen LogP contribution is 2.52. The van der Waals surface area contributed by atoms with Crippen molar-refractivity contribution >= 4 is 20.8 Å². The van der Waals surface area contributed by atoms with E-state index in [1.807, 2.05) is 40.7 Å². The molecule has 1 aromatic carbocycles. The Morgan fingerprint density at radius 3 is 2.44 bits per heavy atom. The van der Waals surface area contributed by atoms with Crippen molar-refractivity contribution in [3.63, 3.8) is 0 Å². The van der Waals surface area contributed by atoms with Gasteiger partial charge in [-0.25, -0.2) is 9.18 Å².